The first kappa shape index (κ1) is 19.5. The number of nitrogens with one attached hydrogen (secondary N) is 1. The van der Waals surface area contributed by atoms with Gasteiger partial charge in [-0.15, -0.1) is 0 Å². The lowest BCUT2D eigenvalue weighted by molar-refractivity contribution is -0.134. The number of hydrogen-bond acceptors (Lipinski definition) is 6. The van der Waals surface area contributed by atoms with Gasteiger partial charge in [0.1, 0.15) is 11.4 Å². The maximum Gasteiger partial charge on any atom is 0.407 e. The third-order valence-corrected chi connectivity index (χ3v) is 2.73. The van der Waals surface area contributed by atoms with Gasteiger partial charge in [-0.2, -0.15) is 0 Å². The van der Waals surface area contributed by atoms with E-state index in [0.29, 0.717) is 24.3 Å². The van der Waals surface area contributed by atoms with Gasteiger partial charge in [-0.1, -0.05) is 0 Å². The van der Waals surface area contributed by atoms with Crippen LogP contribution in [0.1, 0.15) is 44.0 Å². The van der Waals surface area contributed by atoms with Gasteiger partial charge in [-0.25, -0.2) is 9.59 Å². The molecule has 0 radical (unpaired) electrons. The van der Waals surface area contributed by atoms with Crippen LogP contribution in [0.2, 0.25) is 0 Å². The zero-order chi connectivity index (χ0) is 18.2. The van der Waals surface area contributed by atoms with E-state index < -0.39 is 23.6 Å². The minimum atomic E-state index is -0.556. The molecular formula is C17H23NO6. The molecule has 0 aliphatic carbocycles. The summed E-state index contributed by atoms with van der Waals surface area (Å²) in [5, 5.41) is 2.56. The molecule has 1 aromatic rings. The Morgan fingerprint density at radius 3 is 2.25 bits per heavy atom. The number of benzene rings is 1. The van der Waals surface area contributed by atoms with E-state index in [1.54, 1.807) is 20.8 Å². The van der Waals surface area contributed by atoms with E-state index in [-0.39, 0.29) is 6.42 Å². The molecule has 0 unspecified atom stereocenters. The number of ether oxygens (including phenoxy) is 3. The van der Waals surface area contributed by atoms with Gasteiger partial charge >= 0.3 is 18.0 Å². The Kier molecular flexibility index (Phi) is 7.23. The molecule has 1 N–H and O–H groups in total. The van der Waals surface area contributed by atoms with E-state index in [0.717, 1.165) is 0 Å². The fraction of sp³-hybridized carbons (Fsp3) is 0.471. The highest BCUT2D eigenvalue weighted by atomic mass is 16.6. The van der Waals surface area contributed by atoms with E-state index in [1.807, 2.05) is 0 Å². The first-order chi connectivity index (χ1) is 11.2. The van der Waals surface area contributed by atoms with Crippen molar-refractivity contribution in [2.75, 3.05) is 13.7 Å². The lowest BCUT2D eigenvalue weighted by Crippen LogP contribution is -2.33. The maximum atomic E-state index is 11.7. The molecule has 1 amide bonds. The van der Waals surface area contributed by atoms with Crippen molar-refractivity contribution in [3.8, 4) is 5.75 Å². The molecular weight excluding hydrogens is 314 g/mol. The van der Waals surface area contributed by atoms with Gasteiger partial charge in [0.2, 0.25) is 0 Å². The summed E-state index contributed by atoms with van der Waals surface area (Å²) in [6.07, 6.45) is 0.0571. The van der Waals surface area contributed by atoms with Crippen LogP contribution >= 0.6 is 0 Å². The third kappa shape index (κ3) is 7.62. The third-order valence-electron chi connectivity index (χ3n) is 2.73. The SMILES string of the molecule is COC(=O)c1ccc(OC(=O)CCCNC(=O)OC(C)(C)C)cc1. The average molecular weight is 337 g/mol. The van der Waals surface area contributed by atoms with Crippen LogP contribution in [-0.4, -0.2) is 37.3 Å². The van der Waals surface area contributed by atoms with Gasteiger partial charge in [-0.05, 0) is 51.5 Å². The number of carbonyl (C=O) groups is 3. The summed E-state index contributed by atoms with van der Waals surface area (Å²) in [5.74, 6) is -0.541. The average Bonchev–Trinajstić information content (AvgIpc) is 2.50. The quantitative estimate of drug-likeness (QED) is 0.487. The summed E-state index contributed by atoms with van der Waals surface area (Å²) >= 11 is 0. The number of methoxy groups -OCH3 is 1. The van der Waals surface area contributed by atoms with Crippen LogP contribution in [0.5, 0.6) is 5.75 Å². The largest absolute Gasteiger partial charge is 0.465 e. The smallest absolute Gasteiger partial charge is 0.407 e. The van der Waals surface area contributed by atoms with E-state index >= 15 is 0 Å². The molecule has 0 atom stereocenters. The van der Waals surface area contributed by atoms with Crippen LogP contribution in [0.15, 0.2) is 24.3 Å². The number of carbonyl (C=O) groups excluding carboxylic acids is 3. The molecule has 0 aliphatic heterocycles. The van der Waals surface area contributed by atoms with Crippen molar-refractivity contribution >= 4 is 18.0 Å². The summed E-state index contributed by atoms with van der Waals surface area (Å²) in [5.41, 5.74) is -0.182. The molecule has 0 saturated heterocycles. The highest BCUT2D eigenvalue weighted by molar-refractivity contribution is 5.89. The first-order valence-corrected chi connectivity index (χ1v) is 7.57. The maximum absolute atomic E-state index is 11.7. The summed E-state index contributed by atoms with van der Waals surface area (Å²) in [4.78, 5) is 34.4. The Labute approximate surface area is 141 Å². The predicted molar refractivity (Wildman–Crippen MR) is 86.9 cm³/mol. The van der Waals surface area contributed by atoms with Crippen molar-refractivity contribution in [2.24, 2.45) is 0 Å². The van der Waals surface area contributed by atoms with E-state index in [1.165, 1.54) is 31.4 Å². The number of amides is 1. The summed E-state index contributed by atoms with van der Waals surface area (Å²) in [7, 11) is 1.29. The van der Waals surface area contributed by atoms with Crippen LogP contribution in [0, 0.1) is 0 Å². The van der Waals surface area contributed by atoms with Crippen molar-refractivity contribution in [1.29, 1.82) is 0 Å². The number of rotatable bonds is 6. The van der Waals surface area contributed by atoms with Crippen molar-refractivity contribution in [2.45, 2.75) is 39.2 Å². The summed E-state index contributed by atoms with van der Waals surface area (Å²) < 4.78 is 14.8. The Bertz CT molecular complexity index is 574. The molecule has 0 aliphatic rings. The molecule has 0 heterocycles. The van der Waals surface area contributed by atoms with Crippen molar-refractivity contribution in [1.82, 2.24) is 5.32 Å². The lowest BCUT2D eigenvalue weighted by atomic mass is 10.2. The highest BCUT2D eigenvalue weighted by Crippen LogP contribution is 2.14. The topological polar surface area (TPSA) is 90.9 Å². The molecule has 1 aromatic carbocycles. The second-order valence-electron chi connectivity index (χ2n) is 6.02. The Hall–Kier alpha value is -2.57. The monoisotopic (exact) mass is 337 g/mol. The molecule has 0 spiro atoms. The second kappa shape index (κ2) is 8.90. The van der Waals surface area contributed by atoms with E-state index in [2.05, 4.69) is 10.1 Å². The number of hydrogen-bond donors (Lipinski definition) is 1. The fourth-order valence-electron chi connectivity index (χ4n) is 1.70. The molecule has 132 valence electrons. The summed E-state index contributed by atoms with van der Waals surface area (Å²) in [6, 6.07) is 6.06. The molecule has 1 rings (SSSR count). The molecule has 0 fully saturated rings. The van der Waals surface area contributed by atoms with Crippen LogP contribution in [0.4, 0.5) is 4.79 Å². The van der Waals surface area contributed by atoms with Crippen LogP contribution in [-0.2, 0) is 14.3 Å². The molecule has 7 heteroatoms. The van der Waals surface area contributed by atoms with Crippen LogP contribution in [0.25, 0.3) is 0 Å². The van der Waals surface area contributed by atoms with E-state index in [9.17, 15) is 14.4 Å². The fourth-order valence-corrected chi connectivity index (χ4v) is 1.70. The van der Waals surface area contributed by atoms with Gasteiger partial charge in [0.25, 0.3) is 0 Å². The Balaban J connectivity index is 2.29. The second-order valence-corrected chi connectivity index (χ2v) is 6.02. The standard InChI is InChI=1S/C17H23NO6/c1-17(2,3)24-16(21)18-11-5-6-14(19)23-13-9-7-12(8-10-13)15(20)22-4/h7-10H,5-6,11H2,1-4H3,(H,18,21). The van der Waals surface area contributed by atoms with E-state index in [4.69, 9.17) is 9.47 Å². The highest BCUT2D eigenvalue weighted by Gasteiger charge is 2.15. The van der Waals surface area contributed by atoms with Gasteiger partial charge in [0.05, 0.1) is 12.7 Å². The molecule has 0 saturated carbocycles. The zero-order valence-electron chi connectivity index (χ0n) is 14.4. The van der Waals surface area contributed by atoms with Gasteiger partial charge < -0.3 is 19.5 Å². The molecule has 0 aromatic heterocycles. The molecule has 7 nitrogen and oxygen atoms in total. The van der Waals surface area contributed by atoms with Crippen LogP contribution in [0.3, 0.4) is 0 Å². The Morgan fingerprint density at radius 2 is 1.71 bits per heavy atom. The van der Waals surface area contributed by atoms with Crippen LogP contribution < -0.4 is 10.1 Å². The molecule has 0 bridgehead atoms. The van der Waals surface area contributed by atoms with Crippen molar-refractivity contribution in [3.05, 3.63) is 29.8 Å². The lowest BCUT2D eigenvalue weighted by Gasteiger charge is -2.19. The normalized spacial score (nSPS) is 10.7. The Morgan fingerprint density at radius 1 is 1.08 bits per heavy atom. The zero-order valence-corrected chi connectivity index (χ0v) is 14.4. The minimum absolute atomic E-state index is 0.147. The van der Waals surface area contributed by atoms with Gasteiger partial charge in [0, 0.05) is 13.0 Å². The predicted octanol–water partition coefficient (Wildman–Crippen LogP) is 2.68. The minimum Gasteiger partial charge on any atom is -0.465 e. The number of alkyl carbamates (subject to hydrolysis) is 1. The molecule has 24 heavy (non-hydrogen) atoms. The summed E-state index contributed by atoms with van der Waals surface area (Å²) in [6.45, 7) is 5.63. The first-order valence-electron chi connectivity index (χ1n) is 7.57. The van der Waals surface area contributed by atoms with Crippen molar-refractivity contribution < 1.29 is 28.6 Å². The number of esters is 2. The van der Waals surface area contributed by atoms with Gasteiger partial charge in [0.15, 0.2) is 0 Å². The van der Waals surface area contributed by atoms with Gasteiger partial charge in [-0.3, -0.25) is 4.79 Å². The van der Waals surface area contributed by atoms with Crippen molar-refractivity contribution in [3.63, 3.8) is 0 Å².